The number of hydrogen-bond donors (Lipinski definition) is 1. The Morgan fingerprint density at radius 2 is 1.93 bits per heavy atom. The molecule has 1 aromatic heterocycles. The summed E-state index contributed by atoms with van der Waals surface area (Å²) in [5.74, 6) is -0.307. The summed E-state index contributed by atoms with van der Waals surface area (Å²) in [5, 5.41) is 9.94. The Hall–Kier alpha value is -2.35. The maximum absolute atomic E-state index is 14.2. The summed E-state index contributed by atoms with van der Waals surface area (Å²) >= 11 is 3.45. The number of hydrogen-bond acceptors (Lipinski definition) is 4. The molecule has 3 aromatic rings. The first-order valence-corrected chi connectivity index (χ1v) is 9.54. The van der Waals surface area contributed by atoms with Gasteiger partial charge >= 0.3 is 0 Å². The molecule has 0 fully saturated rings. The Morgan fingerprint density at radius 1 is 1.21 bits per heavy atom. The van der Waals surface area contributed by atoms with Crippen LogP contribution in [-0.2, 0) is 13.2 Å². The largest absolute Gasteiger partial charge is 0.390 e. The highest BCUT2D eigenvalue weighted by Crippen LogP contribution is 2.28. The van der Waals surface area contributed by atoms with Crippen molar-refractivity contribution in [1.29, 1.82) is 0 Å². The number of aliphatic hydroxyl groups is 1. The van der Waals surface area contributed by atoms with Crippen molar-refractivity contribution in [2.24, 2.45) is 0 Å². The molecule has 7 heteroatoms. The SMILES string of the molecule is Cc1nc(CN(C)C)n(-c2cc(Br)ccc2C(=O)c2ccccc2F)c1CO. The van der Waals surface area contributed by atoms with Gasteiger partial charge in [-0.2, -0.15) is 0 Å². The smallest absolute Gasteiger partial charge is 0.198 e. The molecule has 0 aliphatic heterocycles. The van der Waals surface area contributed by atoms with Crippen molar-refractivity contribution in [2.45, 2.75) is 20.1 Å². The van der Waals surface area contributed by atoms with E-state index in [1.165, 1.54) is 12.1 Å². The summed E-state index contributed by atoms with van der Waals surface area (Å²) in [6, 6.07) is 11.1. The van der Waals surface area contributed by atoms with E-state index in [-0.39, 0.29) is 12.2 Å². The Kier molecular flexibility index (Phi) is 6.07. The molecule has 0 aliphatic carbocycles. The second-order valence-electron chi connectivity index (χ2n) is 6.76. The van der Waals surface area contributed by atoms with E-state index in [1.54, 1.807) is 34.9 Å². The number of aliphatic hydroxyl groups excluding tert-OH is 1. The number of imidazole rings is 1. The van der Waals surface area contributed by atoms with Gasteiger partial charge in [0.05, 0.1) is 35.8 Å². The molecule has 5 nitrogen and oxygen atoms in total. The van der Waals surface area contributed by atoms with Crippen LogP contribution in [0.3, 0.4) is 0 Å². The predicted octanol–water partition coefficient (Wildman–Crippen LogP) is 3.87. The van der Waals surface area contributed by atoms with Crippen LogP contribution < -0.4 is 0 Å². The Bertz CT molecular complexity index is 1030. The molecule has 0 spiro atoms. The van der Waals surface area contributed by atoms with Gasteiger partial charge in [0.15, 0.2) is 5.78 Å². The maximum atomic E-state index is 14.2. The second-order valence-corrected chi connectivity index (χ2v) is 7.68. The van der Waals surface area contributed by atoms with Gasteiger partial charge in [-0.15, -0.1) is 0 Å². The number of aryl methyl sites for hydroxylation is 1. The fourth-order valence-electron chi connectivity index (χ4n) is 3.16. The normalized spacial score (nSPS) is 11.2. The number of ketones is 1. The highest BCUT2D eigenvalue weighted by atomic mass is 79.9. The number of benzene rings is 2. The van der Waals surface area contributed by atoms with E-state index in [0.29, 0.717) is 35.0 Å². The van der Waals surface area contributed by atoms with Crippen LogP contribution in [0.15, 0.2) is 46.9 Å². The van der Waals surface area contributed by atoms with Crippen molar-refractivity contribution in [3.63, 3.8) is 0 Å². The zero-order valence-electron chi connectivity index (χ0n) is 15.9. The van der Waals surface area contributed by atoms with Crippen LogP contribution in [-0.4, -0.2) is 39.4 Å². The van der Waals surface area contributed by atoms with Crippen LogP contribution in [0.1, 0.15) is 33.1 Å². The molecular weight excluding hydrogens is 425 g/mol. The topological polar surface area (TPSA) is 58.4 Å². The van der Waals surface area contributed by atoms with Gasteiger partial charge < -0.3 is 10.0 Å². The zero-order valence-corrected chi connectivity index (χ0v) is 17.5. The van der Waals surface area contributed by atoms with E-state index in [0.717, 1.165) is 4.47 Å². The molecule has 0 radical (unpaired) electrons. The van der Waals surface area contributed by atoms with Gasteiger partial charge in [-0.1, -0.05) is 28.1 Å². The van der Waals surface area contributed by atoms with E-state index in [9.17, 15) is 14.3 Å². The standard InChI is InChI=1S/C21H21BrFN3O2/c1-13-19(12-27)26(20(24-13)11-25(2)3)18-10-14(22)8-9-16(18)21(28)15-6-4-5-7-17(15)23/h4-10,27H,11-12H2,1-3H3. The minimum atomic E-state index is -0.570. The van der Waals surface area contributed by atoms with Crippen LogP contribution in [0.5, 0.6) is 0 Å². The van der Waals surface area contributed by atoms with Gasteiger partial charge in [-0.25, -0.2) is 9.37 Å². The highest BCUT2D eigenvalue weighted by Gasteiger charge is 2.23. The van der Waals surface area contributed by atoms with Crippen molar-refractivity contribution >= 4 is 21.7 Å². The van der Waals surface area contributed by atoms with Gasteiger partial charge in [-0.3, -0.25) is 9.36 Å². The summed E-state index contributed by atoms with van der Waals surface area (Å²) in [6.45, 7) is 2.10. The third-order valence-corrected chi connectivity index (χ3v) is 4.91. The molecule has 0 aliphatic rings. The summed E-state index contributed by atoms with van der Waals surface area (Å²) in [4.78, 5) is 19.7. The lowest BCUT2D eigenvalue weighted by molar-refractivity contribution is 0.103. The Balaban J connectivity index is 2.25. The molecule has 3 rings (SSSR count). The molecule has 0 saturated carbocycles. The average Bonchev–Trinajstić information content (AvgIpc) is 2.95. The van der Waals surface area contributed by atoms with Gasteiger partial charge in [-0.05, 0) is 51.4 Å². The van der Waals surface area contributed by atoms with Gasteiger partial charge in [0.1, 0.15) is 11.6 Å². The van der Waals surface area contributed by atoms with Gasteiger partial charge in [0, 0.05) is 10.0 Å². The van der Waals surface area contributed by atoms with Crippen molar-refractivity contribution in [3.8, 4) is 5.69 Å². The predicted molar refractivity (Wildman–Crippen MR) is 109 cm³/mol. The van der Waals surface area contributed by atoms with E-state index in [4.69, 9.17) is 0 Å². The van der Waals surface area contributed by atoms with E-state index in [2.05, 4.69) is 20.9 Å². The lowest BCUT2D eigenvalue weighted by Crippen LogP contribution is -2.18. The van der Waals surface area contributed by atoms with E-state index < -0.39 is 11.6 Å². The molecule has 1 heterocycles. The molecule has 0 saturated heterocycles. The molecule has 2 aromatic carbocycles. The monoisotopic (exact) mass is 445 g/mol. The first kappa shape index (κ1) is 20.4. The van der Waals surface area contributed by atoms with Crippen molar-refractivity contribution < 1.29 is 14.3 Å². The van der Waals surface area contributed by atoms with Gasteiger partial charge in [0.25, 0.3) is 0 Å². The third kappa shape index (κ3) is 3.92. The quantitative estimate of drug-likeness (QED) is 0.585. The molecule has 0 unspecified atom stereocenters. The number of carbonyl (C=O) groups is 1. The van der Waals surface area contributed by atoms with Crippen LogP contribution in [0, 0.1) is 12.7 Å². The molecular formula is C21H21BrFN3O2. The molecule has 146 valence electrons. The van der Waals surface area contributed by atoms with Crippen molar-refractivity contribution in [3.05, 3.63) is 81.1 Å². The van der Waals surface area contributed by atoms with Gasteiger partial charge in [0.2, 0.25) is 0 Å². The fourth-order valence-corrected chi connectivity index (χ4v) is 3.51. The number of halogens is 2. The van der Waals surface area contributed by atoms with Crippen molar-refractivity contribution in [2.75, 3.05) is 14.1 Å². The van der Waals surface area contributed by atoms with Crippen LogP contribution in [0.25, 0.3) is 5.69 Å². The fraction of sp³-hybridized carbons (Fsp3) is 0.238. The summed E-state index contributed by atoms with van der Waals surface area (Å²) < 4.78 is 16.8. The number of nitrogens with zero attached hydrogens (tertiary/aromatic N) is 3. The zero-order chi connectivity index (χ0) is 20.4. The molecule has 1 N–H and O–H groups in total. The number of aromatic nitrogens is 2. The first-order valence-electron chi connectivity index (χ1n) is 8.75. The molecule has 0 amide bonds. The minimum absolute atomic E-state index is 0.00242. The highest BCUT2D eigenvalue weighted by molar-refractivity contribution is 9.10. The van der Waals surface area contributed by atoms with Crippen molar-refractivity contribution in [1.82, 2.24) is 14.5 Å². The maximum Gasteiger partial charge on any atom is 0.198 e. The summed E-state index contributed by atoms with van der Waals surface area (Å²) in [6.07, 6.45) is 0. The van der Waals surface area contributed by atoms with Crippen LogP contribution in [0.4, 0.5) is 4.39 Å². The molecule has 0 bridgehead atoms. The number of carbonyl (C=O) groups excluding carboxylic acids is 1. The first-order chi connectivity index (χ1) is 13.3. The van der Waals surface area contributed by atoms with Crippen LogP contribution >= 0.6 is 15.9 Å². The number of rotatable bonds is 6. The molecule has 28 heavy (non-hydrogen) atoms. The van der Waals surface area contributed by atoms with E-state index in [1.807, 2.05) is 25.9 Å². The Labute approximate surface area is 171 Å². The Morgan fingerprint density at radius 3 is 2.57 bits per heavy atom. The minimum Gasteiger partial charge on any atom is -0.390 e. The lowest BCUT2D eigenvalue weighted by Gasteiger charge is -2.17. The lowest BCUT2D eigenvalue weighted by atomic mass is 10.0. The molecule has 0 atom stereocenters. The summed E-state index contributed by atoms with van der Waals surface area (Å²) in [5.41, 5.74) is 2.16. The average molecular weight is 446 g/mol. The van der Waals surface area contributed by atoms with Crippen LogP contribution in [0.2, 0.25) is 0 Å². The summed E-state index contributed by atoms with van der Waals surface area (Å²) in [7, 11) is 3.83. The third-order valence-electron chi connectivity index (χ3n) is 4.41. The second kappa shape index (κ2) is 8.34. The van der Waals surface area contributed by atoms with E-state index >= 15 is 0 Å².